The molecular weight excluding hydrogens is 213 g/mol. The van der Waals surface area contributed by atoms with Gasteiger partial charge in [0.25, 0.3) is 0 Å². The zero-order chi connectivity index (χ0) is 8.98. The molecule has 2 rings (SSSR count). The van der Waals surface area contributed by atoms with Crippen LogP contribution in [0.15, 0.2) is 0 Å². The number of hydrogen-bond acceptors (Lipinski definition) is 2. The van der Waals surface area contributed by atoms with E-state index in [1.165, 1.54) is 0 Å². The van der Waals surface area contributed by atoms with Crippen molar-refractivity contribution in [3.63, 3.8) is 0 Å². The molecule has 0 amide bonds. The highest BCUT2D eigenvalue weighted by Gasteiger charge is 2.73. The number of hydrogen-bond donors (Lipinski definition) is 1. The normalized spacial score (nSPS) is 38.5. The Balaban J connectivity index is 2.07. The molecule has 0 aromatic carbocycles. The van der Waals surface area contributed by atoms with E-state index in [4.69, 9.17) is 23.2 Å². The molecule has 2 fully saturated rings. The Hall–Kier alpha value is 0.890. The Kier molecular flexibility index (Phi) is 2.12. The summed E-state index contributed by atoms with van der Waals surface area (Å²) >= 11 is 16.7. The molecule has 1 unspecified atom stereocenters. The second kappa shape index (κ2) is 2.69. The number of nitrogens with zero attached hydrogens (tertiary/aromatic N) is 1. The summed E-state index contributed by atoms with van der Waals surface area (Å²) in [5.74, 6) is 0. The van der Waals surface area contributed by atoms with Gasteiger partial charge in [0.15, 0.2) is 0 Å². The second-order valence-corrected chi connectivity index (χ2v) is 5.89. The molecule has 1 heterocycles. The van der Waals surface area contributed by atoms with Gasteiger partial charge in [-0.25, -0.2) is 0 Å². The minimum absolute atomic E-state index is 0.117. The summed E-state index contributed by atoms with van der Waals surface area (Å²) in [6, 6.07) is 0. The van der Waals surface area contributed by atoms with E-state index in [1.54, 1.807) is 0 Å². The van der Waals surface area contributed by atoms with E-state index in [1.807, 2.05) is 0 Å². The van der Waals surface area contributed by atoms with Gasteiger partial charge in [0.05, 0.1) is 0 Å². The Morgan fingerprint density at radius 2 is 1.75 bits per heavy atom. The quantitative estimate of drug-likeness (QED) is 0.489. The van der Waals surface area contributed by atoms with E-state index >= 15 is 0 Å². The summed E-state index contributed by atoms with van der Waals surface area (Å²) < 4.78 is -0.558. The first-order chi connectivity index (χ1) is 5.51. The average Bonchev–Trinajstić information content (AvgIpc) is 2.42. The van der Waals surface area contributed by atoms with Crippen LogP contribution in [0.4, 0.5) is 0 Å². The molecule has 1 atom stereocenters. The number of piperidine rings is 1. The van der Waals surface area contributed by atoms with Gasteiger partial charge in [-0.15, -0.1) is 0 Å². The molecule has 0 N–H and O–H groups in total. The molecule has 70 valence electrons. The maximum atomic E-state index is 6.15. The highest BCUT2D eigenvalue weighted by atomic mass is 35.5. The van der Waals surface area contributed by atoms with E-state index in [-0.39, 0.29) is 10.7 Å². The topological polar surface area (TPSA) is 3.24 Å². The largest absolute Gasteiger partial charge is 0.306 e. The van der Waals surface area contributed by atoms with Gasteiger partial charge in [-0.3, -0.25) is 0 Å². The van der Waals surface area contributed by atoms with Crippen molar-refractivity contribution in [2.75, 3.05) is 20.1 Å². The zero-order valence-corrected chi connectivity index (χ0v) is 9.46. The number of rotatable bonds is 0. The molecule has 0 bridgehead atoms. The lowest BCUT2D eigenvalue weighted by atomic mass is 9.94. The van der Waals surface area contributed by atoms with Crippen molar-refractivity contribution >= 4 is 35.8 Å². The Labute approximate surface area is 88.8 Å². The van der Waals surface area contributed by atoms with Crippen molar-refractivity contribution in [3.05, 3.63) is 0 Å². The summed E-state index contributed by atoms with van der Waals surface area (Å²) in [7, 11) is 2.13. The standard InChI is InChI=1S/C8H13Cl2NS/c1-11-4-2-7(3-5-11)6(12)8(7,9)10/h6,12H,2-5H2,1H3. The molecule has 1 saturated heterocycles. The summed E-state index contributed by atoms with van der Waals surface area (Å²) in [5.41, 5.74) is 0.117. The molecular formula is C8H13Cl2NS. The second-order valence-electron chi connectivity index (χ2n) is 3.98. The van der Waals surface area contributed by atoms with Gasteiger partial charge in [0.1, 0.15) is 4.33 Å². The third-order valence-corrected chi connectivity index (χ3v) is 5.70. The maximum Gasteiger partial charge on any atom is 0.137 e. The average molecular weight is 226 g/mol. The third kappa shape index (κ3) is 1.05. The summed E-state index contributed by atoms with van der Waals surface area (Å²) in [6.45, 7) is 2.19. The number of likely N-dealkylation sites (tertiary alicyclic amines) is 1. The van der Waals surface area contributed by atoms with Crippen molar-refractivity contribution in [2.45, 2.75) is 22.4 Å². The first kappa shape index (κ1) is 9.45. The molecule has 0 radical (unpaired) electrons. The van der Waals surface area contributed by atoms with Crippen molar-refractivity contribution in [1.82, 2.24) is 4.90 Å². The first-order valence-electron chi connectivity index (χ1n) is 4.25. The fourth-order valence-corrected chi connectivity index (χ4v) is 3.81. The van der Waals surface area contributed by atoms with E-state index in [0.29, 0.717) is 0 Å². The molecule has 0 aromatic heterocycles. The van der Waals surface area contributed by atoms with Crippen LogP contribution in [-0.4, -0.2) is 34.6 Å². The Morgan fingerprint density at radius 3 is 2.08 bits per heavy atom. The minimum atomic E-state index is -0.558. The van der Waals surface area contributed by atoms with Crippen LogP contribution in [0.25, 0.3) is 0 Å². The van der Waals surface area contributed by atoms with Crippen molar-refractivity contribution < 1.29 is 0 Å². The van der Waals surface area contributed by atoms with Crippen LogP contribution in [0.3, 0.4) is 0 Å². The number of halogens is 2. The van der Waals surface area contributed by atoms with E-state index < -0.39 is 4.33 Å². The van der Waals surface area contributed by atoms with Gasteiger partial charge in [-0.05, 0) is 33.0 Å². The van der Waals surface area contributed by atoms with Crippen molar-refractivity contribution in [2.24, 2.45) is 5.41 Å². The molecule has 1 saturated carbocycles. The molecule has 1 spiro atoms. The zero-order valence-electron chi connectivity index (χ0n) is 7.06. The number of alkyl halides is 2. The van der Waals surface area contributed by atoms with E-state index in [0.717, 1.165) is 25.9 Å². The van der Waals surface area contributed by atoms with Crippen LogP contribution >= 0.6 is 35.8 Å². The van der Waals surface area contributed by atoms with E-state index in [9.17, 15) is 0 Å². The summed E-state index contributed by atoms with van der Waals surface area (Å²) in [5, 5.41) is 0.182. The van der Waals surface area contributed by atoms with Crippen LogP contribution in [0.1, 0.15) is 12.8 Å². The van der Waals surface area contributed by atoms with Crippen LogP contribution in [0, 0.1) is 5.41 Å². The van der Waals surface area contributed by atoms with E-state index in [2.05, 4.69) is 24.6 Å². The first-order valence-corrected chi connectivity index (χ1v) is 5.52. The SMILES string of the molecule is CN1CCC2(CC1)C(S)C2(Cl)Cl. The molecule has 2 aliphatic rings. The molecule has 1 nitrogen and oxygen atoms in total. The molecule has 0 aromatic rings. The summed E-state index contributed by atoms with van der Waals surface area (Å²) in [4.78, 5) is 2.31. The highest BCUT2D eigenvalue weighted by Crippen LogP contribution is 2.71. The van der Waals surface area contributed by atoms with Gasteiger partial charge in [-0.1, -0.05) is 23.2 Å². The van der Waals surface area contributed by atoms with Gasteiger partial charge < -0.3 is 4.90 Å². The summed E-state index contributed by atoms with van der Waals surface area (Å²) in [6.07, 6.45) is 2.18. The van der Waals surface area contributed by atoms with Crippen molar-refractivity contribution in [3.8, 4) is 0 Å². The van der Waals surface area contributed by atoms with Gasteiger partial charge in [0.2, 0.25) is 0 Å². The monoisotopic (exact) mass is 225 g/mol. The molecule has 12 heavy (non-hydrogen) atoms. The maximum absolute atomic E-state index is 6.15. The van der Waals surface area contributed by atoms with Gasteiger partial charge in [-0.2, -0.15) is 12.6 Å². The van der Waals surface area contributed by atoms with Crippen molar-refractivity contribution in [1.29, 1.82) is 0 Å². The molecule has 4 heteroatoms. The minimum Gasteiger partial charge on any atom is -0.306 e. The van der Waals surface area contributed by atoms with Crippen LogP contribution in [-0.2, 0) is 0 Å². The van der Waals surface area contributed by atoms with Crippen LogP contribution in [0.2, 0.25) is 0 Å². The highest BCUT2D eigenvalue weighted by molar-refractivity contribution is 7.81. The molecule has 1 aliphatic heterocycles. The molecule has 1 aliphatic carbocycles. The fraction of sp³-hybridized carbons (Fsp3) is 1.00. The fourth-order valence-electron chi connectivity index (χ4n) is 2.11. The van der Waals surface area contributed by atoms with Gasteiger partial charge in [0, 0.05) is 10.7 Å². The predicted octanol–water partition coefficient (Wildman–Crippen LogP) is 2.18. The smallest absolute Gasteiger partial charge is 0.137 e. The van der Waals surface area contributed by atoms with Crippen LogP contribution < -0.4 is 0 Å². The lowest BCUT2D eigenvalue weighted by Crippen LogP contribution is -2.33. The lowest BCUT2D eigenvalue weighted by molar-refractivity contribution is 0.205. The van der Waals surface area contributed by atoms with Gasteiger partial charge >= 0.3 is 0 Å². The Bertz CT molecular complexity index is 199. The van der Waals surface area contributed by atoms with Crippen LogP contribution in [0.5, 0.6) is 0 Å². The lowest BCUT2D eigenvalue weighted by Gasteiger charge is -2.30. The Morgan fingerprint density at radius 1 is 1.33 bits per heavy atom. The number of thiol groups is 1. The predicted molar refractivity (Wildman–Crippen MR) is 56.4 cm³/mol. The third-order valence-electron chi connectivity index (χ3n) is 3.33.